The zero-order valence-corrected chi connectivity index (χ0v) is 14.9. The maximum absolute atomic E-state index is 2.46. The summed E-state index contributed by atoms with van der Waals surface area (Å²) in [6.07, 6.45) is 3.78. The molecule has 0 saturated carbocycles. The van der Waals surface area contributed by atoms with Crippen molar-refractivity contribution in [2.24, 2.45) is 0 Å². The quantitative estimate of drug-likeness (QED) is 0.628. The van der Waals surface area contributed by atoms with Crippen LogP contribution in [-0.4, -0.2) is 68.6 Å². The van der Waals surface area contributed by atoms with Crippen LogP contribution in [0.5, 0.6) is 0 Å². The van der Waals surface area contributed by atoms with Crippen molar-refractivity contribution in [1.82, 2.24) is 14.7 Å². The van der Waals surface area contributed by atoms with Gasteiger partial charge in [0, 0.05) is 32.7 Å². The van der Waals surface area contributed by atoms with Gasteiger partial charge in [0.05, 0.1) is 0 Å². The van der Waals surface area contributed by atoms with E-state index in [2.05, 4.69) is 42.8 Å². The molecule has 0 aromatic carbocycles. The van der Waals surface area contributed by atoms with Crippen LogP contribution in [0, 0.1) is 6.04 Å². The first-order valence-corrected chi connectivity index (χ1v) is 6.50. The van der Waals surface area contributed by atoms with Gasteiger partial charge in [0.2, 0.25) is 0 Å². The first-order valence-electron chi connectivity index (χ1n) is 6.50. The van der Waals surface area contributed by atoms with Crippen molar-refractivity contribution >= 4 is 0 Å². The molecule has 0 aromatic heterocycles. The van der Waals surface area contributed by atoms with E-state index in [9.17, 15) is 0 Å². The summed E-state index contributed by atoms with van der Waals surface area (Å²) in [5, 5.41) is 0. The van der Waals surface area contributed by atoms with Gasteiger partial charge in [0.25, 0.3) is 0 Å². The average Bonchev–Trinajstić information content (AvgIpc) is 2.24. The van der Waals surface area contributed by atoms with Gasteiger partial charge in [-0.05, 0) is 66.7 Å². The molecular formula is C13H28N3Y-. The van der Waals surface area contributed by atoms with Crippen LogP contribution in [0.15, 0.2) is 0 Å². The van der Waals surface area contributed by atoms with Gasteiger partial charge in [-0.15, -0.1) is 0 Å². The van der Waals surface area contributed by atoms with Crippen molar-refractivity contribution in [2.45, 2.75) is 26.2 Å². The molecule has 0 amide bonds. The van der Waals surface area contributed by atoms with Crippen LogP contribution < -0.4 is 0 Å². The summed E-state index contributed by atoms with van der Waals surface area (Å²) in [6, 6.07) is 1.52. The Morgan fingerprint density at radius 1 is 0.765 bits per heavy atom. The maximum Gasteiger partial charge on any atom is 0 e. The minimum Gasteiger partial charge on any atom is -0.456 e. The van der Waals surface area contributed by atoms with Gasteiger partial charge >= 0.3 is 0 Å². The molecule has 0 aromatic rings. The van der Waals surface area contributed by atoms with E-state index in [1.54, 1.807) is 0 Å². The molecule has 1 rings (SSSR count). The predicted molar refractivity (Wildman–Crippen MR) is 70.4 cm³/mol. The van der Waals surface area contributed by atoms with E-state index in [1.807, 2.05) is 0 Å². The van der Waals surface area contributed by atoms with Gasteiger partial charge < -0.3 is 14.7 Å². The number of hydrogen-bond donors (Lipinski definition) is 0. The zero-order chi connectivity index (χ0) is 12.0. The third-order valence-electron chi connectivity index (χ3n) is 3.62. The SMILES string of the molecule is C[C-]1CCN(C)CCCN(C)CCCN1C.[Y]. The molecule has 99 valence electrons. The Labute approximate surface area is 133 Å². The minimum atomic E-state index is 0. The smallest absolute Gasteiger partial charge is 0 e. The first-order chi connectivity index (χ1) is 7.59. The van der Waals surface area contributed by atoms with E-state index in [0.29, 0.717) is 0 Å². The molecule has 3 nitrogen and oxygen atoms in total. The van der Waals surface area contributed by atoms with Crippen molar-refractivity contribution in [2.75, 3.05) is 53.9 Å². The number of hydrogen-bond acceptors (Lipinski definition) is 3. The second kappa shape index (κ2) is 9.85. The fourth-order valence-corrected chi connectivity index (χ4v) is 2.15. The Kier molecular flexibility index (Phi) is 10.4. The fraction of sp³-hybridized carbons (Fsp3) is 0.923. The zero-order valence-electron chi connectivity index (χ0n) is 12.1. The maximum atomic E-state index is 2.46. The summed E-state index contributed by atoms with van der Waals surface area (Å²) in [6.45, 7) is 8.34. The molecule has 1 saturated heterocycles. The van der Waals surface area contributed by atoms with E-state index >= 15 is 0 Å². The second-order valence-corrected chi connectivity index (χ2v) is 5.22. The van der Waals surface area contributed by atoms with Crippen molar-refractivity contribution in [1.29, 1.82) is 0 Å². The van der Waals surface area contributed by atoms with Crippen LogP contribution in [-0.2, 0) is 32.7 Å². The van der Waals surface area contributed by atoms with E-state index in [-0.39, 0.29) is 32.7 Å². The predicted octanol–water partition coefficient (Wildman–Crippen LogP) is 1.52. The van der Waals surface area contributed by atoms with Gasteiger partial charge in [-0.1, -0.05) is 0 Å². The van der Waals surface area contributed by atoms with Gasteiger partial charge in [-0.2, -0.15) is 13.3 Å². The molecule has 0 aliphatic carbocycles. The molecular weight excluding hydrogens is 287 g/mol. The van der Waals surface area contributed by atoms with E-state index in [1.165, 1.54) is 58.0 Å². The Bertz CT molecular complexity index is 190. The Morgan fingerprint density at radius 2 is 1.24 bits per heavy atom. The molecule has 1 aliphatic heterocycles. The minimum absolute atomic E-state index is 0. The third-order valence-corrected chi connectivity index (χ3v) is 3.62. The molecule has 0 bridgehead atoms. The molecule has 1 aliphatic rings. The van der Waals surface area contributed by atoms with E-state index < -0.39 is 0 Å². The summed E-state index contributed by atoms with van der Waals surface area (Å²) in [4.78, 5) is 7.33. The van der Waals surface area contributed by atoms with Gasteiger partial charge in [-0.25, -0.2) is 0 Å². The average molecular weight is 315 g/mol. The number of nitrogens with zero attached hydrogens (tertiary/aromatic N) is 3. The Hall–Kier alpha value is 0.984. The topological polar surface area (TPSA) is 9.72 Å². The summed E-state index contributed by atoms with van der Waals surface area (Å²) < 4.78 is 0. The van der Waals surface area contributed by atoms with Crippen molar-refractivity contribution < 1.29 is 32.7 Å². The molecule has 17 heavy (non-hydrogen) atoms. The molecule has 0 unspecified atom stereocenters. The number of rotatable bonds is 0. The van der Waals surface area contributed by atoms with Crippen LogP contribution in [0.1, 0.15) is 26.2 Å². The van der Waals surface area contributed by atoms with Gasteiger partial charge in [0.15, 0.2) is 0 Å². The molecule has 1 fully saturated rings. The summed E-state index contributed by atoms with van der Waals surface area (Å²) in [7, 11) is 6.70. The fourth-order valence-electron chi connectivity index (χ4n) is 2.15. The molecule has 1 heterocycles. The molecule has 0 N–H and O–H groups in total. The van der Waals surface area contributed by atoms with Crippen LogP contribution >= 0.6 is 0 Å². The molecule has 0 spiro atoms. The molecule has 1 radical (unpaired) electrons. The molecule has 4 heteroatoms. The van der Waals surface area contributed by atoms with Gasteiger partial charge in [0.1, 0.15) is 0 Å². The van der Waals surface area contributed by atoms with Crippen LogP contribution in [0.25, 0.3) is 0 Å². The molecule has 0 atom stereocenters. The van der Waals surface area contributed by atoms with Crippen molar-refractivity contribution in [3.8, 4) is 0 Å². The first kappa shape index (κ1) is 18.0. The van der Waals surface area contributed by atoms with Crippen LogP contribution in [0.2, 0.25) is 0 Å². The Morgan fingerprint density at radius 3 is 1.82 bits per heavy atom. The van der Waals surface area contributed by atoms with E-state index in [0.717, 1.165) is 0 Å². The standard InChI is InChI=1S/C13H28N3.Y/c1-13-7-12-15(3)9-5-8-14(2)10-6-11-16(13)4;/h5-12H2,1-4H3;/q-1;. The monoisotopic (exact) mass is 315 g/mol. The third kappa shape index (κ3) is 7.89. The summed E-state index contributed by atoms with van der Waals surface area (Å²) in [5.41, 5.74) is 0. The summed E-state index contributed by atoms with van der Waals surface area (Å²) in [5.74, 6) is 0. The summed E-state index contributed by atoms with van der Waals surface area (Å²) >= 11 is 0. The van der Waals surface area contributed by atoms with E-state index in [4.69, 9.17) is 0 Å². The van der Waals surface area contributed by atoms with Gasteiger partial charge in [-0.3, -0.25) is 6.04 Å². The van der Waals surface area contributed by atoms with Crippen molar-refractivity contribution in [3.05, 3.63) is 6.04 Å². The largest absolute Gasteiger partial charge is 0.456 e. The van der Waals surface area contributed by atoms with Crippen molar-refractivity contribution in [3.63, 3.8) is 0 Å². The normalized spacial score (nSPS) is 24.7. The second-order valence-electron chi connectivity index (χ2n) is 5.22. The Balaban J connectivity index is 0.00000256. The van der Waals surface area contributed by atoms with Crippen LogP contribution in [0.3, 0.4) is 0 Å². The van der Waals surface area contributed by atoms with Crippen LogP contribution in [0.4, 0.5) is 0 Å².